The Labute approximate surface area is 126 Å². The average molecular weight is 288 g/mol. The molecule has 3 aromatic rings. The topological polar surface area (TPSA) is 76.9 Å². The molecule has 0 amide bonds. The van der Waals surface area contributed by atoms with E-state index in [4.69, 9.17) is 0 Å². The molecule has 22 heavy (non-hydrogen) atoms. The SMILES string of the molecule is N#C/C(=C\c1cccc(O)c1)C(=O)c1c[nH]c2ccccc12. The number of benzene rings is 2. The maximum Gasteiger partial charge on any atom is 0.205 e. The number of nitrogens with one attached hydrogen (secondary N) is 1. The number of carbonyl (C=O) groups excluding carboxylic acids is 1. The number of nitriles is 1. The molecule has 0 spiro atoms. The summed E-state index contributed by atoms with van der Waals surface area (Å²) in [5.74, 6) is -0.256. The first kappa shape index (κ1) is 13.7. The number of fused-ring (bicyclic) bond motifs is 1. The van der Waals surface area contributed by atoms with Gasteiger partial charge in [-0.05, 0) is 29.8 Å². The molecule has 106 valence electrons. The second-order valence-electron chi connectivity index (χ2n) is 4.84. The minimum Gasteiger partial charge on any atom is -0.508 e. The van der Waals surface area contributed by atoms with Gasteiger partial charge in [0.05, 0.1) is 0 Å². The number of rotatable bonds is 3. The Morgan fingerprint density at radius 3 is 2.77 bits per heavy atom. The van der Waals surface area contributed by atoms with Crippen molar-refractivity contribution in [1.29, 1.82) is 5.26 Å². The molecular weight excluding hydrogens is 276 g/mol. The molecule has 4 nitrogen and oxygen atoms in total. The average Bonchev–Trinajstić information content (AvgIpc) is 2.96. The van der Waals surface area contributed by atoms with Crippen molar-refractivity contribution in [2.24, 2.45) is 0 Å². The van der Waals surface area contributed by atoms with Crippen molar-refractivity contribution in [3.05, 3.63) is 71.4 Å². The molecule has 0 aliphatic heterocycles. The lowest BCUT2D eigenvalue weighted by atomic mass is 10.0. The van der Waals surface area contributed by atoms with Gasteiger partial charge in [-0.1, -0.05) is 30.3 Å². The van der Waals surface area contributed by atoms with Crippen molar-refractivity contribution in [2.45, 2.75) is 0 Å². The van der Waals surface area contributed by atoms with E-state index in [1.165, 1.54) is 18.2 Å². The number of nitrogens with zero attached hydrogens (tertiary/aromatic N) is 1. The standard InChI is InChI=1S/C18H12N2O2/c19-10-13(8-12-4-3-5-14(21)9-12)18(22)16-11-20-17-7-2-1-6-15(16)17/h1-9,11,20-21H/b13-8+. The monoisotopic (exact) mass is 288 g/mol. The van der Waals surface area contributed by atoms with Crippen LogP contribution in [0, 0.1) is 11.3 Å². The van der Waals surface area contributed by atoms with Gasteiger partial charge in [-0.2, -0.15) is 5.26 Å². The van der Waals surface area contributed by atoms with E-state index < -0.39 is 0 Å². The quantitative estimate of drug-likeness (QED) is 0.438. The molecule has 0 aliphatic carbocycles. The minimum atomic E-state index is -0.344. The molecule has 2 aromatic carbocycles. The second kappa shape index (κ2) is 5.58. The molecule has 0 aliphatic rings. The number of aromatic hydroxyl groups is 1. The van der Waals surface area contributed by atoms with E-state index in [-0.39, 0.29) is 17.1 Å². The zero-order valence-corrected chi connectivity index (χ0v) is 11.6. The van der Waals surface area contributed by atoms with Gasteiger partial charge < -0.3 is 10.1 Å². The number of hydrogen-bond acceptors (Lipinski definition) is 3. The number of phenolic OH excluding ortho intramolecular Hbond substituents is 1. The fraction of sp³-hybridized carbons (Fsp3) is 0. The van der Waals surface area contributed by atoms with Crippen molar-refractivity contribution in [3.8, 4) is 11.8 Å². The molecule has 0 bridgehead atoms. The number of carbonyl (C=O) groups is 1. The van der Waals surface area contributed by atoms with Gasteiger partial charge in [0.1, 0.15) is 17.4 Å². The van der Waals surface area contributed by atoms with Crippen LogP contribution in [0.2, 0.25) is 0 Å². The number of hydrogen-bond donors (Lipinski definition) is 2. The second-order valence-corrected chi connectivity index (χ2v) is 4.84. The summed E-state index contributed by atoms with van der Waals surface area (Å²) in [6, 6.07) is 15.8. The van der Waals surface area contributed by atoms with Crippen LogP contribution in [0.5, 0.6) is 5.75 Å². The van der Waals surface area contributed by atoms with Crippen LogP contribution in [0.25, 0.3) is 17.0 Å². The fourth-order valence-electron chi connectivity index (χ4n) is 2.33. The van der Waals surface area contributed by atoms with Crippen LogP contribution in [0.3, 0.4) is 0 Å². The van der Waals surface area contributed by atoms with Crippen molar-refractivity contribution in [1.82, 2.24) is 4.98 Å². The number of phenols is 1. The molecule has 1 aromatic heterocycles. The van der Waals surface area contributed by atoms with Gasteiger partial charge in [0.15, 0.2) is 0 Å². The molecule has 0 atom stereocenters. The third-order valence-electron chi connectivity index (χ3n) is 3.38. The molecule has 0 saturated heterocycles. The smallest absolute Gasteiger partial charge is 0.205 e. The van der Waals surface area contributed by atoms with Crippen LogP contribution in [-0.2, 0) is 0 Å². The highest BCUT2D eigenvalue weighted by molar-refractivity contribution is 6.19. The van der Waals surface area contributed by atoms with Crippen LogP contribution >= 0.6 is 0 Å². The maximum atomic E-state index is 12.6. The molecule has 2 N–H and O–H groups in total. The van der Waals surface area contributed by atoms with Gasteiger partial charge in [-0.25, -0.2) is 0 Å². The van der Waals surface area contributed by atoms with Crippen molar-refractivity contribution < 1.29 is 9.90 Å². The summed E-state index contributed by atoms with van der Waals surface area (Å²) >= 11 is 0. The highest BCUT2D eigenvalue weighted by atomic mass is 16.3. The van der Waals surface area contributed by atoms with E-state index in [0.717, 1.165) is 10.9 Å². The van der Waals surface area contributed by atoms with Gasteiger partial charge in [0.2, 0.25) is 5.78 Å². The molecule has 0 saturated carbocycles. The molecule has 3 rings (SSSR count). The van der Waals surface area contributed by atoms with E-state index in [2.05, 4.69) is 4.98 Å². The molecule has 0 unspecified atom stereocenters. The highest BCUT2D eigenvalue weighted by Crippen LogP contribution is 2.22. The van der Waals surface area contributed by atoms with E-state index in [0.29, 0.717) is 11.1 Å². The Morgan fingerprint density at radius 2 is 2.00 bits per heavy atom. The maximum absolute atomic E-state index is 12.6. The van der Waals surface area contributed by atoms with E-state index in [1.54, 1.807) is 18.3 Å². The van der Waals surface area contributed by atoms with Gasteiger partial charge >= 0.3 is 0 Å². The highest BCUT2D eigenvalue weighted by Gasteiger charge is 2.16. The summed E-state index contributed by atoms with van der Waals surface area (Å²) in [6.07, 6.45) is 3.09. The van der Waals surface area contributed by atoms with Crippen LogP contribution in [-0.4, -0.2) is 15.9 Å². The Hall–Kier alpha value is -3.32. The van der Waals surface area contributed by atoms with Crippen LogP contribution in [0.4, 0.5) is 0 Å². The summed E-state index contributed by atoms with van der Waals surface area (Å²) in [7, 11) is 0. The normalized spacial score (nSPS) is 11.3. The summed E-state index contributed by atoms with van der Waals surface area (Å²) in [4.78, 5) is 15.6. The lowest BCUT2D eigenvalue weighted by Crippen LogP contribution is -2.01. The Kier molecular flexibility index (Phi) is 3.47. The third-order valence-corrected chi connectivity index (χ3v) is 3.38. The fourth-order valence-corrected chi connectivity index (χ4v) is 2.33. The first-order valence-corrected chi connectivity index (χ1v) is 6.70. The van der Waals surface area contributed by atoms with Gasteiger partial charge in [0.25, 0.3) is 0 Å². The number of H-pyrrole nitrogens is 1. The summed E-state index contributed by atoms with van der Waals surface area (Å²) in [5, 5.41) is 19.5. The Morgan fingerprint density at radius 1 is 1.18 bits per heavy atom. The van der Waals surface area contributed by atoms with Crippen molar-refractivity contribution in [3.63, 3.8) is 0 Å². The predicted molar refractivity (Wildman–Crippen MR) is 84.3 cm³/mol. The molecule has 4 heteroatoms. The Balaban J connectivity index is 2.04. The Bertz CT molecular complexity index is 929. The zero-order chi connectivity index (χ0) is 15.5. The first-order chi connectivity index (χ1) is 10.7. The number of aromatic nitrogens is 1. The van der Waals surface area contributed by atoms with Crippen LogP contribution in [0.1, 0.15) is 15.9 Å². The summed E-state index contributed by atoms with van der Waals surface area (Å²) in [5.41, 5.74) is 1.93. The summed E-state index contributed by atoms with van der Waals surface area (Å²) in [6.45, 7) is 0. The number of ketones is 1. The largest absolute Gasteiger partial charge is 0.508 e. The van der Waals surface area contributed by atoms with Gasteiger partial charge in [0, 0.05) is 22.7 Å². The number of para-hydroxylation sites is 1. The van der Waals surface area contributed by atoms with Gasteiger partial charge in [-0.3, -0.25) is 4.79 Å². The third kappa shape index (κ3) is 2.48. The van der Waals surface area contributed by atoms with E-state index >= 15 is 0 Å². The predicted octanol–water partition coefficient (Wildman–Crippen LogP) is 3.66. The lowest BCUT2D eigenvalue weighted by molar-refractivity contribution is 0.104. The van der Waals surface area contributed by atoms with Crippen LogP contribution in [0.15, 0.2) is 60.3 Å². The van der Waals surface area contributed by atoms with Crippen molar-refractivity contribution >= 4 is 22.8 Å². The van der Waals surface area contributed by atoms with E-state index in [9.17, 15) is 15.2 Å². The number of aromatic amines is 1. The minimum absolute atomic E-state index is 0.0235. The zero-order valence-electron chi connectivity index (χ0n) is 11.6. The van der Waals surface area contributed by atoms with Crippen molar-refractivity contribution in [2.75, 3.05) is 0 Å². The molecule has 0 fully saturated rings. The summed E-state index contributed by atoms with van der Waals surface area (Å²) < 4.78 is 0. The lowest BCUT2D eigenvalue weighted by Gasteiger charge is -1.99. The molecule has 0 radical (unpaired) electrons. The number of Topliss-reactive ketones (excluding diaryl/α,β-unsaturated/α-hetero) is 1. The molecule has 1 heterocycles. The molecular formula is C18H12N2O2. The van der Waals surface area contributed by atoms with E-state index in [1.807, 2.05) is 30.3 Å². The first-order valence-electron chi connectivity index (χ1n) is 6.70. The number of allylic oxidation sites excluding steroid dienone is 1. The van der Waals surface area contributed by atoms with Crippen LogP contribution < -0.4 is 0 Å². The van der Waals surface area contributed by atoms with Gasteiger partial charge in [-0.15, -0.1) is 0 Å².